The van der Waals surface area contributed by atoms with Gasteiger partial charge in [0.2, 0.25) is 0 Å². The zero-order chi connectivity index (χ0) is 15.4. The molecule has 0 aliphatic carbocycles. The molecule has 1 aliphatic rings. The summed E-state index contributed by atoms with van der Waals surface area (Å²) in [5.74, 6) is 1.29. The minimum absolute atomic E-state index is 0.0583. The Morgan fingerprint density at radius 2 is 2.10 bits per heavy atom. The topological polar surface area (TPSA) is 55.6 Å². The van der Waals surface area contributed by atoms with Crippen LogP contribution in [0.15, 0.2) is 18.2 Å². The Morgan fingerprint density at radius 1 is 1.43 bits per heavy atom. The molecular weight excluding hydrogens is 264 g/mol. The van der Waals surface area contributed by atoms with Crippen molar-refractivity contribution in [2.24, 2.45) is 11.7 Å². The Morgan fingerprint density at radius 3 is 2.71 bits per heavy atom. The van der Waals surface area contributed by atoms with Gasteiger partial charge >= 0.3 is 0 Å². The van der Waals surface area contributed by atoms with Gasteiger partial charge in [-0.25, -0.2) is 0 Å². The van der Waals surface area contributed by atoms with E-state index in [4.69, 9.17) is 10.5 Å². The van der Waals surface area contributed by atoms with Gasteiger partial charge in [-0.1, -0.05) is 18.2 Å². The minimum atomic E-state index is 0.0583. The molecule has 0 unspecified atom stereocenters. The average molecular weight is 290 g/mol. The van der Waals surface area contributed by atoms with E-state index < -0.39 is 0 Å². The first kappa shape index (κ1) is 15.8. The number of nitrogens with two attached hydrogens (primary N) is 1. The highest BCUT2D eigenvalue weighted by Crippen LogP contribution is 2.23. The number of ether oxygens (including phenoxy) is 1. The summed E-state index contributed by atoms with van der Waals surface area (Å²) < 4.78 is 5.76. The average Bonchev–Trinajstić information content (AvgIpc) is 2.46. The van der Waals surface area contributed by atoms with Gasteiger partial charge in [0, 0.05) is 19.1 Å². The number of piperidine rings is 1. The molecular formula is C17H26N2O2. The van der Waals surface area contributed by atoms with E-state index in [1.807, 2.05) is 43.9 Å². The van der Waals surface area contributed by atoms with Crippen LogP contribution in [0, 0.1) is 19.8 Å². The molecule has 116 valence electrons. The van der Waals surface area contributed by atoms with Gasteiger partial charge in [0.1, 0.15) is 5.75 Å². The fourth-order valence-electron chi connectivity index (χ4n) is 2.92. The maximum absolute atomic E-state index is 12.3. The lowest BCUT2D eigenvalue weighted by Gasteiger charge is -2.34. The van der Waals surface area contributed by atoms with Crippen molar-refractivity contribution in [3.8, 4) is 5.75 Å². The Labute approximate surface area is 127 Å². The number of benzene rings is 1. The second kappa shape index (κ2) is 6.94. The quantitative estimate of drug-likeness (QED) is 0.925. The van der Waals surface area contributed by atoms with Crippen molar-refractivity contribution in [3.63, 3.8) is 0 Å². The molecule has 4 heteroatoms. The molecule has 4 nitrogen and oxygen atoms in total. The van der Waals surface area contributed by atoms with E-state index in [1.54, 1.807) is 0 Å². The highest BCUT2D eigenvalue weighted by atomic mass is 16.5. The van der Waals surface area contributed by atoms with Crippen LogP contribution in [0.3, 0.4) is 0 Å². The van der Waals surface area contributed by atoms with Crippen molar-refractivity contribution < 1.29 is 9.53 Å². The number of rotatable bonds is 4. The van der Waals surface area contributed by atoms with E-state index in [-0.39, 0.29) is 18.6 Å². The molecule has 1 amide bonds. The predicted molar refractivity (Wildman–Crippen MR) is 84.4 cm³/mol. The summed E-state index contributed by atoms with van der Waals surface area (Å²) in [6.45, 7) is 7.70. The van der Waals surface area contributed by atoms with Crippen molar-refractivity contribution >= 4 is 5.91 Å². The predicted octanol–water partition coefficient (Wildman–Crippen LogP) is 2.27. The second-order valence-corrected chi connectivity index (χ2v) is 6.11. The van der Waals surface area contributed by atoms with Crippen LogP contribution in [0.2, 0.25) is 0 Å². The van der Waals surface area contributed by atoms with Gasteiger partial charge < -0.3 is 15.4 Å². The third kappa shape index (κ3) is 3.97. The van der Waals surface area contributed by atoms with E-state index >= 15 is 0 Å². The van der Waals surface area contributed by atoms with Crippen LogP contribution in [0.1, 0.15) is 30.9 Å². The summed E-state index contributed by atoms with van der Waals surface area (Å²) in [6, 6.07) is 6.14. The third-order valence-corrected chi connectivity index (χ3v) is 4.30. The molecule has 2 rings (SSSR count). The highest BCUT2D eigenvalue weighted by molar-refractivity contribution is 5.78. The molecule has 0 aromatic heterocycles. The van der Waals surface area contributed by atoms with Crippen LogP contribution < -0.4 is 10.5 Å². The lowest BCUT2D eigenvalue weighted by Crippen LogP contribution is -2.46. The number of hydrogen-bond acceptors (Lipinski definition) is 3. The Balaban J connectivity index is 1.93. The molecule has 0 spiro atoms. The number of hydrogen-bond donors (Lipinski definition) is 1. The first-order valence-corrected chi connectivity index (χ1v) is 7.71. The van der Waals surface area contributed by atoms with Gasteiger partial charge in [0.05, 0.1) is 0 Å². The van der Waals surface area contributed by atoms with Crippen LogP contribution in [-0.2, 0) is 4.79 Å². The number of nitrogens with zero attached hydrogens (tertiary/aromatic N) is 1. The molecule has 1 aliphatic heterocycles. The number of likely N-dealkylation sites (tertiary alicyclic amines) is 1. The summed E-state index contributed by atoms with van der Waals surface area (Å²) in [7, 11) is 0. The molecule has 2 atom stereocenters. The van der Waals surface area contributed by atoms with Crippen molar-refractivity contribution in [1.82, 2.24) is 4.90 Å². The molecule has 1 aromatic rings. The zero-order valence-electron chi connectivity index (χ0n) is 13.3. The van der Waals surface area contributed by atoms with Gasteiger partial charge in [0.25, 0.3) is 5.91 Å². The Kier molecular flexibility index (Phi) is 5.23. The van der Waals surface area contributed by atoms with E-state index in [1.165, 1.54) is 0 Å². The van der Waals surface area contributed by atoms with Crippen LogP contribution >= 0.6 is 0 Å². The fraction of sp³-hybridized carbons (Fsp3) is 0.588. The largest absolute Gasteiger partial charge is 0.483 e. The van der Waals surface area contributed by atoms with Crippen molar-refractivity contribution in [2.45, 2.75) is 39.7 Å². The van der Waals surface area contributed by atoms with Crippen LogP contribution in [-0.4, -0.2) is 36.5 Å². The summed E-state index contributed by atoms with van der Waals surface area (Å²) in [4.78, 5) is 14.2. The van der Waals surface area contributed by atoms with E-state index in [0.717, 1.165) is 42.8 Å². The third-order valence-electron chi connectivity index (χ3n) is 4.30. The molecule has 1 heterocycles. The smallest absolute Gasteiger partial charge is 0.260 e. The maximum Gasteiger partial charge on any atom is 0.260 e. The van der Waals surface area contributed by atoms with Gasteiger partial charge in [0.15, 0.2) is 6.61 Å². The SMILES string of the molecule is Cc1cccc(C)c1OCC(=O)N1CCC[C@H]([C@H](C)N)C1. The number of carbonyl (C=O) groups is 1. The molecule has 1 saturated heterocycles. The number of aryl methyl sites for hydroxylation is 2. The molecule has 21 heavy (non-hydrogen) atoms. The fourth-order valence-corrected chi connectivity index (χ4v) is 2.92. The Bertz CT molecular complexity index is 479. The van der Waals surface area contributed by atoms with Gasteiger partial charge in [-0.2, -0.15) is 0 Å². The highest BCUT2D eigenvalue weighted by Gasteiger charge is 2.26. The molecule has 0 bridgehead atoms. The first-order valence-electron chi connectivity index (χ1n) is 7.71. The molecule has 1 fully saturated rings. The van der Waals surface area contributed by atoms with Crippen molar-refractivity contribution in [2.75, 3.05) is 19.7 Å². The van der Waals surface area contributed by atoms with Gasteiger partial charge in [-0.05, 0) is 50.7 Å². The van der Waals surface area contributed by atoms with Gasteiger partial charge in [-0.3, -0.25) is 4.79 Å². The number of amides is 1. The van der Waals surface area contributed by atoms with Crippen molar-refractivity contribution in [3.05, 3.63) is 29.3 Å². The summed E-state index contributed by atoms with van der Waals surface area (Å²) in [5.41, 5.74) is 8.09. The normalized spacial score (nSPS) is 20.2. The number of carbonyl (C=O) groups excluding carboxylic acids is 1. The maximum atomic E-state index is 12.3. The zero-order valence-corrected chi connectivity index (χ0v) is 13.3. The van der Waals surface area contributed by atoms with Crippen molar-refractivity contribution in [1.29, 1.82) is 0 Å². The number of para-hydroxylation sites is 1. The first-order chi connectivity index (χ1) is 9.99. The Hall–Kier alpha value is -1.55. The summed E-state index contributed by atoms with van der Waals surface area (Å²) >= 11 is 0. The molecule has 1 aromatic carbocycles. The minimum Gasteiger partial charge on any atom is -0.483 e. The van der Waals surface area contributed by atoms with Gasteiger partial charge in [-0.15, -0.1) is 0 Å². The van der Waals surface area contributed by atoms with Crippen LogP contribution in [0.4, 0.5) is 0 Å². The summed E-state index contributed by atoms with van der Waals surface area (Å²) in [5, 5.41) is 0. The van der Waals surface area contributed by atoms with Crippen LogP contribution in [0.5, 0.6) is 5.75 Å². The lowest BCUT2D eigenvalue weighted by atomic mass is 9.92. The molecule has 2 N–H and O–H groups in total. The molecule has 0 radical (unpaired) electrons. The van der Waals surface area contributed by atoms with E-state index in [9.17, 15) is 4.79 Å². The summed E-state index contributed by atoms with van der Waals surface area (Å²) in [6.07, 6.45) is 2.14. The monoisotopic (exact) mass is 290 g/mol. The second-order valence-electron chi connectivity index (χ2n) is 6.11. The van der Waals surface area contributed by atoms with E-state index in [0.29, 0.717) is 5.92 Å². The molecule has 0 saturated carbocycles. The van der Waals surface area contributed by atoms with Crippen LogP contribution in [0.25, 0.3) is 0 Å². The lowest BCUT2D eigenvalue weighted by molar-refractivity contribution is -0.135. The standard InChI is InChI=1S/C17H26N2O2/c1-12-6-4-7-13(2)17(12)21-11-16(20)19-9-5-8-15(10-19)14(3)18/h4,6-7,14-15H,5,8-11,18H2,1-3H3/t14-,15-/m0/s1. The van der Waals surface area contributed by atoms with E-state index in [2.05, 4.69) is 0 Å².